The lowest BCUT2D eigenvalue weighted by atomic mass is 10.2. The van der Waals surface area contributed by atoms with Gasteiger partial charge in [-0.2, -0.15) is 12.6 Å². The first-order valence-electron chi connectivity index (χ1n) is 5.01. The van der Waals surface area contributed by atoms with Gasteiger partial charge in [0.2, 0.25) is 0 Å². The number of thiol groups is 1. The Labute approximate surface area is 112 Å². The standard InChI is InChI=1S/C11H10BrN3OS/c12-8-5-7(11(16)15-3-4-17)6-9-10(8)14-2-1-13-9/h1-2,5-6,17H,3-4H2,(H,15,16). The van der Waals surface area contributed by atoms with Crippen LogP contribution in [0, 0.1) is 0 Å². The van der Waals surface area contributed by atoms with Gasteiger partial charge < -0.3 is 5.32 Å². The van der Waals surface area contributed by atoms with Crippen LogP contribution in [0.5, 0.6) is 0 Å². The van der Waals surface area contributed by atoms with Crippen molar-refractivity contribution in [3.05, 3.63) is 34.6 Å². The lowest BCUT2D eigenvalue weighted by molar-refractivity contribution is 0.0956. The highest BCUT2D eigenvalue weighted by Crippen LogP contribution is 2.22. The second kappa shape index (κ2) is 5.46. The number of fused-ring (bicyclic) bond motifs is 1. The van der Waals surface area contributed by atoms with Gasteiger partial charge in [-0.15, -0.1) is 0 Å². The van der Waals surface area contributed by atoms with Crippen molar-refractivity contribution in [2.45, 2.75) is 0 Å². The number of rotatable bonds is 3. The summed E-state index contributed by atoms with van der Waals surface area (Å²) in [6, 6.07) is 3.46. The lowest BCUT2D eigenvalue weighted by Crippen LogP contribution is -2.25. The van der Waals surface area contributed by atoms with Crippen molar-refractivity contribution in [2.24, 2.45) is 0 Å². The molecule has 1 aromatic carbocycles. The van der Waals surface area contributed by atoms with Gasteiger partial charge in [-0.1, -0.05) is 0 Å². The first-order valence-corrected chi connectivity index (χ1v) is 6.44. The highest BCUT2D eigenvalue weighted by Gasteiger charge is 2.09. The van der Waals surface area contributed by atoms with Crippen LogP contribution < -0.4 is 5.32 Å². The molecule has 0 aliphatic rings. The summed E-state index contributed by atoms with van der Waals surface area (Å²) in [5.41, 5.74) is 2.00. The highest BCUT2D eigenvalue weighted by atomic mass is 79.9. The molecule has 1 N–H and O–H groups in total. The molecular formula is C11H10BrN3OS. The van der Waals surface area contributed by atoms with Gasteiger partial charge in [0.05, 0.1) is 5.52 Å². The Morgan fingerprint density at radius 1 is 1.35 bits per heavy atom. The van der Waals surface area contributed by atoms with Gasteiger partial charge in [0.1, 0.15) is 5.52 Å². The Morgan fingerprint density at radius 2 is 2.12 bits per heavy atom. The third-order valence-corrected chi connectivity index (χ3v) is 3.01. The minimum atomic E-state index is -0.132. The molecule has 0 bridgehead atoms. The maximum absolute atomic E-state index is 11.8. The predicted octanol–water partition coefficient (Wildman–Crippen LogP) is 2.05. The van der Waals surface area contributed by atoms with Crippen LogP contribution in [0.4, 0.5) is 0 Å². The largest absolute Gasteiger partial charge is 0.351 e. The molecule has 0 aliphatic heterocycles. The van der Waals surface area contributed by atoms with E-state index in [1.807, 2.05) is 0 Å². The highest BCUT2D eigenvalue weighted by molar-refractivity contribution is 9.10. The molecule has 0 atom stereocenters. The van der Waals surface area contributed by atoms with E-state index in [-0.39, 0.29) is 5.91 Å². The van der Waals surface area contributed by atoms with Crippen molar-refractivity contribution < 1.29 is 4.79 Å². The van der Waals surface area contributed by atoms with Crippen LogP contribution in [0.1, 0.15) is 10.4 Å². The monoisotopic (exact) mass is 311 g/mol. The van der Waals surface area contributed by atoms with E-state index in [0.29, 0.717) is 23.4 Å². The van der Waals surface area contributed by atoms with E-state index in [1.54, 1.807) is 24.5 Å². The first kappa shape index (κ1) is 12.3. The number of nitrogens with zero attached hydrogens (tertiary/aromatic N) is 2. The zero-order valence-electron chi connectivity index (χ0n) is 8.85. The topological polar surface area (TPSA) is 54.9 Å². The van der Waals surface area contributed by atoms with Gasteiger partial charge >= 0.3 is 0 Å². The van der Waals surface area contributed by atoms with Crippen LogP contribution in [0.2, 0.25) is 0 Å². The smallest absolute Gasteiger partial charge is 0.251 e. The summed E-state index contributed by atoms with van der Waals surface area (Å²) < 4.78 is 0.763. The van der Waals surface area contributed by atoms with E-state index in [1.165, 1.54) is 0 Å². The zero-order chi connectivity index (χ0) is 12.3. The van der Waals surface area contributed by atoms with Crippen molar-refractivity contribution in [1.82, 2.24) is 15.3 Å². The summed E-state index contributed by atoms with van der Waals surface area (Å²) in [7, 11) is 0. The van der Waals surface area contributed by atoms with Gasteiger partial charge in [0.25, 0.3) is 5.91 Å². The fraction of sp³-hybridized carbons (Fsp3) is 0.182. The van der Waals surface area contributed by atoms with Gasteiger partial charge in [-0.3, -0.25) is 14.8 Å². The summed E-state index contributed by atoms with van der Waals surface area (Å²) in [6.45, 7) is 0.540. The minimum Gasteiger partial charge on any atom is -0.351 e. The SMILES string of the molecule is O=C(NCCS)c1cc(Br)c2nccnc2c1. The fourth-order valence-corrected chi connectivity index (χ4v) is 2.10. The molecule has 0 radical (unpaired) electrons. The summed E-state index contributed by atoms with van der Waals surface area (Å²) >= 11 is 7.43. The molecule has 0 spiro atoms. The van der Waals surface area contributed by atoms with E-state index < -0.39 is 0 Å². The Kier molecular flexibility index (Phi) is 3.96. The molecule has 2 rings (SSSR count). The van der Waals surface area contributed by atoms with E-state index in [2.05, 4.69) is 43.8 Å². The number of carbonyl (C=O) groups is 1. The molecule has 17 heavy (non-hydrogen) atoms. The molecule has 0 aliphatic carbocycles. The van der Waals surface area contributed by atoms with E-state index in [0.717, 1.165) is 9.99 Å². The molecule has 4 nitrogen and oxygen atoms in total. The predicted molar refractivity (Wildman–Crippen MR) is 73.4 cm³/mol. The van der Waals surface area contributed by atoms with Gasteiger partial charge in [-0.05, 0) is 28.1 Å². The number of carbonyl (C=O) groups excluding carboxylic acids is 1. The average Bonchev–Trinajstić information content (AvgIpc) is 2.36. The van der Waals surface area contributed by atoms with Crippen molar-refractivity contribution in [2.75, 3.05) is 12.3 Å². The van der Waals surface area contributed by atoms with Gasteiger partial charge in [0.15, 0.2) is 0 Å². The fourth-order valence-electron chi connectivity index (χ4n) is 1.43. The van der Waals surface area contributed by atoms with Crippen molar-refractivity contribution in [1.29, 1.82) is 0 Å². The quantitative estimate of drug-likeness (QED) is 0.853. The third-order valence-electron chi connectivity index (χ3n) is 2.19. The Hall–Kier alpha value is -1.14. The molecule has 1 heterocycles. The van der Waals surface area contributed by atoms with Crippen LogP contribution in [0.25, 0.3) is 11.0 Å². The number of aromatic nitrogens is 2. The Morgan fingerprint density at radius 3 is 2.88 bits per heavy atom. The minimum absolute atomic E-state index is 0.132. The molecule has 0 unspecified atom stereocenters. The number of benzene rings is 1. The summed E-state index contributed by atoms with van der Waals surface area (Å²) in [5.74, 6) is 0.479. The van der Waals surface area contributed by atoms with Gasteiger partial charge in [0, 0.05) is 34.7 Å². The molecule has 88 valence electrons. The van der Waals surface area contributed by atoms with Crippen LogP contribution in [-0.4, -0.2) is 28.2 Å². The second-order valence-corrected chi connectivity index (χ2v) is 4.66. The zero-order valence-corrected chi connectivity index (χ0v) is 11.3. The lowest BCUT2D eigenvalue weighted by Gasteiger charge is -2.05. The van der Waals surface area contributed by atoms with Gasteiger partial charge in [-0.25, -0.2) is 0 Å². The number of hydrogen-bond donors (Lipinski definition) is 2. The molecule has 0 saturated carbocycles. The van der Waals surface area contributed by atoms with Crippen LogP contribution in [0.3, 0.4) is 0 Å². The summed E-state index contributed by atoms with van der Waals surface area (Å²) in [4.78, 5) is 20.2. The molecule has 0 saturated heterocycles. The molecule has 2 aromatic rings. The van der Waals surface area contributed by atoms with Crippen LogP contribution >= 0.6 is 28.6 Å². The van der Waals surface area contributed by atoms with Crippen LogP contribution in [-0.2, 0) is 0 Å². The molecule has 6 heteroatoms. The van der Waals surface area contributed by atoms with Crippen molar-refractivity contribution in [3.8, 4) is 0 Å². The third kappa shape index (κ3) is 2.76. The number of nitrogens with one attached hydrogen (secondary N) is 1. The molecule has 1 aromatic heterocycles. The van der Waals surface area contributed by atoms with Crippen molar-refractivity contribution in [3.63, 3.8) is 0 Å². The molecule has 0 fully saturated rings. The van der Waals surface area contributed by atoms with E-state index in [4.69, 9.17) is 0 Å². The average molecular weight is 312 g/mol. The molecular weight excluding hydrogens is 302 g/mol. The Bertz CT molecular complexity index is 561. The number of halogens is 1. The number of amides is 1. The second-order valence-electron chi connectivity index (χ2n) is 3.36. The van der Waals surface area contributed by atoms with E-state index in [9.17, 15) is 4.79 Å². The number of hydrogen-bond acceptors (Lipinski definition) is 4. The van der Waals surface area contributed by atoms with Crippen molar-refractivity contribution >= 4 is 45.5 Å². The normalized spacial score (nSPS) is 10.5. The summed E-state index contributed by atoms with van der Waals surface area (Å²) in [6.07, 6.45) is 3.22. The first-order chi connectivity index (χ1) is 8.22. The van der Waals surface area contributed by atoms with E-state index >= 15 is 0 Å². The maximum Gasteiger partial charge on any atom is 0.251 e. The summed E-state index contributed by atoms with van der Waals surface area (Å²) in [5, 5.41) is 2.76. The molecule has 1 amide bonds. The maximum atomic E-state index is 11.8. The van der Waals surface area contributed by atoms with Crippen LogP contribution in [0.15, 0.2) is 29.0 Å². The Balaban J connectivity index is 2.39.